The maximum atomic E-state index is 11.8. The Hall–Kier alpha value is -2.67. The monoisotopic (exact) mass is 329 g/mol. The number of thiophene rings is 1. The molecule has 23 heavy (non-hydrogen) atoms. The van der Waals surface area contributed by atoms with Crippen LogP contribution in [0.15, 0.2) is 46.2 Å². The third-order valence-electron chi connectivity index (χ3n) is 3.03. The number of hydrogen-bond donors (Lipinski definition) is 1. The van der Waals surface area contributed by atoms with Crippen molar-refractivity contribution in [1.82, 2.24) is 15.5 Å². The van der Waals surface area contributed by atoms with Gasteiger partial charge in [0.05, 0.1) is 11.4 Å². The van der Waals surface area contributed by atoms with Crippen molar-refractivity contribution in [2.45, 2.75) is 13.5 Å². The van der Waals surface area contributed by atoms with Crippen LogP contribution < -0.4 is 10.1 Å². The van der Waals surface area contributed by atoms with Crippen molar-refractivity contribution < 1.29 is 13.9 Å². The molecule has 0 radical (unpaired) electrons. The van der Waals surface area contributed by atoms with Gasteiger partial charge in [-0.15, -0.1) is 21.5 Å². The fourth-order valence-corrected chi connectivity index (χ4v) is 2.48. The number of ether oxygens (including phenoxy) is 1. The van der Waals surface area contributed by atoms with Crippen LogP contribution in [0.2, 0.25) is 0 Å². The van der Waals surface area contributed by atoms with Crippen LogP contribution in [0.25, 0.3) is 10.8 Å². The van der Waals surface area contributed by atoms with Crippen molar-refractivity contribution >= 4 is 17.2 Å². The highest BCUT2D eigenvalue weighted by Gasteiger charge is 2.10. The number of amides is 1. The van der Waals surface area contributed by atoms with Crippen molar-refractivity contribution in [2.75, 3.05) is 6.61 Å². The van der Waals surface area contributed by atoms with Gasteiger partial charge in [-0.1, -0.05) is 23.8 Å². The number of aromatic nitrogens is 2. The Morgan fingerprint density at radius 3 is 2.83 bits per heavy atom. The fourth-order valence-electron chi connectivity index (χ4n) is 1.83. The van der Waals surface area contributed by atoms with Crippen LogP contribution in [0.4, 0.5) is 0 Å². The maximum absolute atomic E-state index is 11.8. The molecule has 0 bridgehead atoms. The quantitative estimate of drug-likeness (QED) is 0.752. The summed E-state index contributed by atoms with van der Waals surface area (Å²) in [6.45, 7) is 2.11. The third-order valence-corrected chi connectivity index (χ3v) is 3.88. The van der Waals surface area contributed by atoms with E-state index in [0.717, 1.165) is 10.4 Å². The average Bonchev–Trinajstić information content (AvgIpc) is 3.23. The van der Waals surface area contributed by atoms with Crippen molar-refractivity contribution in [1.29, 1.82) is 0 Å². The summed E-state index contributed by atoms with van der Waals surface area (Å²) >= 11 is 1.52. The van der Waals surface area contributed by atoms with Gasteiger partial charge in [0.2, 0.25) is 5.89 Å². The van der Waals surface area contributed by atoms with Gasteiger partial charge in [-0.3, -0.25) is 4.79 Å². The van der Waals surface area contributed by atoms with Gasteiger partial charge < -0.3 is 14.5 Å². The smallest absolute Gasteiger partial charge is 0.258 e. The minimum atomic E-state index is -0.249. The molecule has 7 heteroatoms. The van der Waals surface area contributed by atoms with E-state index in [9.17, 15) is 4.79 Å². The van der Waals surface area contributed by atoms with Gasteiger partial charge >= 0.3 is 0 Å². The van der Waals surface area contributed by atoms with Gasteiger partial charge in [0, 0.05) is 0 Å². The summed E-state index contributed by atoms with van der Waals surface area (Å²) in [5.74, 6) is 1.22. The molecule has 1 N–H and O–H groups in total. The van der Waals surface area contributed by atoms with Crippen LogP contribution in [0, 0.1) is 6.92 Å². The zero-order valence-electron chi connectivity index (χ0n) is 12.5. The molecule has 0 aliphatic heterocycles. The largest absolute Gasteiger partial charge is 0.484 e. The van der Waals surface area contributed by atoms with Crippen LogP contribution in [0.5, 0.6) is 5.75 Å². The number of carbonyl (C=O) groups is 1. The number of hydrogen-bond acceptors (Lipinski definition) is 6. The van der Waals surface area contributed by atoms with E-state index in [4.69, 9.17) is 9.15 Å². The Labute approximate surface area is 137 Å². The lowest BCUT2D eigenvalue weighted by Crippen LogP contribution is -2.28. The van der Waals surface area contributed by atoms with E-state index in [2.05, 4.69) is 15.5 Å². The molecule has 0 spiro atoms. The van der Waals surface area contributed by atoms with Gasteiger partial charge in [-0.2, -0.15) is 0 Å². The highest BCUT2D eigenvalue weighted by Crippen LogP contribution is 2.22. The predicted octanol–water partition coefficient (Wildman–Crippen LogP) is 2.80. The third kappa shape index (κ3) is 4.17. The lowest BCUT2D eigenvalue weighted by atomic mass is 10.2. The van der Waals surface area contributed by atoms with E-state index in [1.54, 1.807) is 0 Å². The highest BCUT2D eigenvalue weighted by molar-refractivity contribution is 7.13. The summed E-state index contributed by atoms with van der Waals surface area (Å²) < 4.78 is 10.9. The summed E-state index contributed by atoms with van der Waals surface area (Å²) in [7, 11) is 0. The van der Waals surface area contributed by atoms with Crippen molar-refractivity contribution in [3.63, 3.8) is 0 Å². The second-order valence-electron chi connectivity index (χ2n) is 4.86. The number of nitrogens with zero attached hydrogens (tertiary/aromatic N) is 2. The van der Waals surface area contributed by atoms with E-state index in [-0.39, 0.29) is 19.1 Å². The second kappa shape index (κ2) is 7.06. The number of nitrogens with one attached hydrogen (secondary N) is 1. The summed E-state index contributed by atoms with van der Waals surface area (Å²) in [4.78, 5) is 12.7. The Balaban J connectivity index is 1.46. The predicted molar refractivity (Wildman–Crippen MR) is 86.1 cm³/mol. The van der Waals surface area contributed by atoms with Gasteiger partial charge in [0.1, 0.15) is 5.75 Å². The standard InChI is InChI=1S/C16H15N3O3S/c1-11-4-6-12(7-5-11)21-10-14(20)17-9-15-18-19-16(22-15)13-3-2-8-23-13/h2-8H,9-10H2,1H3,(H,17,20). The molecule has 118 valence electrons. The first-order valence-corrected chi connectivity index (χ1v) is 7.91. The fraction of sp³-hybridized carbons (Fsp3) is 0.188. The minimum absolute atomic E-state index is 0.0605. The van der Waals surface area contributed by atoms with Gasteiger partial charge in [-0.05, 0) is 30.5 Å². The number of carbonyl (C=O) groups excluding carboxylic acids is 1. The zero-order valence-corrected chi connectivity index (χ0v) is 13.3. The minimum Gasteiger partial charge on any atom is -0.484 e. The summed E-state index contributed by atoms with van der Waals surface area (Å²) in [5.41, 5.74) is 1.14. The maximum Gasteiger partial charge on any atom is 0.258 e. The lowest BCUT2D eigenvalue weighted by molar-refractivity contribution is -0.123. The summed E-state index contributed by atoms with van der Waals surface area (Å²) in [5, 5.41) is 12.5. The van der Waals surface area contributed by atoms with E-state index in [0.29, 0.717) is 17.5 Å². The molecule has 0 aliphatic rings. The van der Waals surface area contributed by atoms with E-state index in [1.807, 2.05) is 48.7 Å². The number of aryl methyl sites for hydroxylation is 1. The molecule has 2 aromatic heterocycles. The molecule has 6 nitrogen and oxygen atoms in total. The zero-order chi connectivity index (χ0) is 16.1. The van der Waals surface area contributed by atoms with Gasteiger partial charge in [0.15, 0.2) is 6.61 Å². The lowest BCUT2D eigenvalue weighted by Gasteiger charge is -2.06. The van der Waals surface area contributed by atoms with E-state index in [1.165, 1.54) is 11.3 Å². The molecule has 0 fully saturated rings. The Morgan fingerprint density at radius 1 is 1.26 bits per heavy atom. The summed E-state index contributed by atoms with van der Waals surface area (Å²) in [6, 6.07) is 11.3. The van der Waals surface area contributed by atoms with Crippen LogP contribution in [0.3, 0.4) is 0 Å². The van der Waals surface area contributed by atoms with Crippen molar-refractivity contribution in [3.05, 3.63) is 53.2 Å². The molecule has 0 saturated heterocycles. The highest BCUT2D eigenvalue weighted by atomic mass is 32.1. The molecule has 0 unspecified atom stereocenters. The van der Waals surface area contributed by atoms with Crippen LogP contribution in [-0.2, 0) is 11.3 Å². The van der Waals surface area contributed by atoms with Crippen LogP contribution in [0.1, 0.15) is 11.5 Å². The molecule has 3 aromatic rings. The Bertz CT molecular complexity index is 766. The first kappa shape index (κ1) is 15.2. The molecule has 2 heterocycles. The normalized spacial score (nSPS) is 10.5. The average molecular weight is 329 g/mol. The number of rotatable bonds is 6. The Kier molecular flexibility index (Phi) is 4.68. The van der Waals surface area contributed by atoms with Crippen molar-refractivity contribution in [3.8, 4) is 16.5 Å². The molecule has 0 saturated carbocycles. The molecule has 3 rings (SSSR count). The first-order chi connectivity index (χ1) is 11.2. The van der Waals surface area contributed by atoms with Crippen molar-refractivity contribution in [2.24, 2.45) is 0 Å². The first-order valence-electron chi connectivity index (χ1n) is 7.03. The molecule has 1 amide bonds. The van der Waals surface area contributed by atoms with Gasteiger partial charge in [0.25, 0.3) is 11.8 Å². The van der Waals surface area contributed by atoms with Gasteiger partial charge in [-0.25, -0.2) is 0 Å². The number of benzene rings is 1. The molecular weight excluding hydrogens is 314 g/mol. The second-order valence-corrected chi connectivity index (χ2v) is 5.80. The van der Waals surface area contributed by atoms with E-state index >= 15 is 0 Å². The molecular formula is C16H15N3O3S. The topological polar surface area (TPSA) is 77.2 Å². The van der Waals surface area contributed by atoms with E-state index < -0.39 is 0 Å². The summed E-state index contributed by atoms with van der Waals surface area (Å²) in [6.07, 6.45) is 0. The van der Waals surface area contributed by atoms with Crippen LogP contribution >= 0.6 is 11.3 Å². The Morgan fingerprint density at radius 2 is 2.09 bits per heavy atom. The molecule has 1 aromatic carbocycles. The van der Waals surface area contributed by atoms with Crippen LogP contribution in [-0.4, -0.2) is 22.7 Å². The molecule has 0 aliphatic carbocycles. The SMILES string of the molecule is Cc1ccc(OCC(=O)NCc2nnc(-c3cccs3)o2)cc1. The molecule has 0 atom stereocenters.